The van der Waals surface area contributed by atoms with E-state index in [1.54, 1.807) is 18.7 Å². The highest BCUT2D eigenvalue weighted by Crippen LogP contribution is 2.29. The number of aliphatic hydroxyl groups is 1. The molecule has 3 fully saturated rings. The SMILES string of the molecule is CC[C@@](C)(NC(=O)[C@@H](CC(C)C)[C@@H](O)C[C@H]1CCCN1C(=O)NCc1ccccc1)C(=O)N[C@H](C(=O)N1CCC[C@@H]1C(=O)N1CCC[C@@H]1C(N)=O)C(C)C. The molecule has 3 aliphatic rings. The summed E-state index contributed by atoms with van der Waals surface area (Å²) in [5.74, 6) is -3.39. The number of nitrogens with two attached hydrogens (primary N) is 1. The van der Waals surface area contributed by atoms with E-state index in [9.17, 15) is 33.9 Å². The van der Waals surface area contributed by atoms with Crippen molar-refractivity contribution in [1.29, 1.82) is 0 Å². The fraction of sp³-hybridized carbons (Fsp3) is 0.700. The van der Waals surface area contributed by atoms with Crippen LogP contribution in [0, 0.1) is 17.8 Å². The van der Waals surface area contributed by atoms with Gasteiger partial charge in [0.15, 0.2) is 0 Å². The third-order valence-electron chi connectivity index (χ3n) is 11.5. The van der Waals surface area contributed by atoms with Crippen LogP contribution in [0.1, 0.15) is 105 Å². The van der Waals surface area contributed by atoms with E-state index in [2.05, 4.69) is 16.0 Å². The molecule has 3 saturated heterocycles. The lowest BCUT2D eigenvalue weighted by molar-refractivity contribution is -0.148. The largest absolute Gasteiger partial charge is 0.392 e. The number of amides is 7. The third-order valence-corrected chi connectivity index (χ3v) is 11.5. The normalized spacial score (nSPS) is 22.8. The van der Waals surface area contributed by atoms with Crippen LogP contribution in [0.2, 0.25) is 0 Å². The number of aliphatic hydroxyl groups excluding tert-OH is 1. The van der Waals surface area contributed by atoms with Crippen LogP contribution in [-0.2, 0) is 30.5 Å². The van der Waals surface area contributed by atoms with E-state index in [4.69, 9.17) is 5.73 Å². The summed E-state index contributed by atoms with van der Waals surface area (Å²) in [6.07, 6.45) is 3.44. The lowest BCUT2D eigenvalue weighted by Gasteiger charge is -2.36. The molecule has 14 heteroatoms. The molecule has 0 bridgehead atoms. The van der Waals surface area contributed by atoms with Crippen LogP contribution in [0.15, 0.2) is 30.3 Å². The fourth-order valence-electron chi connectivity index (χ4n) is 8.08. The lowest BCUT2D eigenvalue weighted by Crippen LogP contribution is -2.63. The van der Waals surface area contributed by atoms with Crippen LogP contribution in [0.3, 0.4) is 0 Å². The second-order valence-electron chi connectivity index (χ2n) is 16.3. The van der Waals surface area contributed by atoms with Gasteiger partial charge >= 0.3 is 6.03 Å². The van der Waals surface area contributed by atoms with Gasteiger partial charge in [-0.15, -0.1) is 0 Å². The van der Waals surface area contributed by atoms with E-state index < -0.39 is 59.3 Å². The van der Waals surface area contributed by atoms with Crippen LogP contribution in [0.25, 0.3) is 0 Å². The molecule has 0 aromatic heterocycles. The molecule has 1 aromatic rings. The molecule has 0 aliphatic carbocycles. The molecule has 0 unspecified atom stereocenters. The minimum atomic E-state index is -1.42. The van der Waals surface area contributed by atoms with Gasteiger partial charge in [-0.25, -0.2) is 4.79 Å². The molecule has 4 rings (SSSR count). The number of rotatable bonds is 16. The zero-order chi connectivity index (χ0) is 39.7. The predicted molar refractivity (Wildman–Crippen MR) is 204 cm³/mol. The Hall–Kier alpha value is -4.20. The predicted octanol–water partition coefficient (Wildman–Crippen LogP) is 2.67. The summed E-state index contributed by atoms with van der Waals surface area (Å²) in [7, 11) is 0. The molecular weight excluding hydrogens is 690 g/mol. The first-order chi connectivity index (χ1) is 25.6. The van der Waals surface area contributed by atoms with Gasteiger partial charge in [0, 0.05) is 32.2 Å². The highest BCUT2D eigenvalue weighted by Gasteiger charge is 2.45. The number of urea groups is 1. The number of primary amides is 1. The van der Waals surface area contributed by atoms with Gasteiger partial charge in [-0.2, -0.15) is 0 Å². The molecule has 54 heavy (non-hydrogen) atoms. The molecule has 1 aromatic carbocycles. The molecule has 7 amide bonds. The Morgan fingerprint density at radius 1 is 0.889 bits per heavy atom. The zero-order valence-electron chi connectivity index (χ0n) is 33.0. The maximum absolute atomic E-state index is 14.1. The van der Waals surface area contributed by atoms with Crippen molar-refractivity contribution in [2.75, 3.05) is 19.6 Å². The summed E-state index contributed by atoms with van der Waals surface area (Å²) in [4.78, 5) is 85.7. The van der Waals surface area contributed by atoms with Gasteiger partial charge < -0.3 is 41.5 Å². The van der Waals surface area contributed by atoms with Crippen molar-refractivity contribution in [3.8, 4) is 0 Å². The van der Waals surface area contributed by atoms with Gasteiger partial charge in [-0.1, -0.05) is 65.0 Å². The van der Waals surface area contributed by atoms with Gasteiger partial charge in [-0.05, 0) is 82.1 Å². The summed E-state index contributed by atoms with van der Waals surface area (Å²) in [5.41, 5.74) is 5.13. The average Bonchev–Trinajstić information content (AvgIpc) is 3.93. The summed E-state index contributed by atoms with van der Waals surface area (Å²) in [6.45, 7) is 12.6. The molecule has 0 saturated carbocycles. The first-order valence-electron chi connectivity index (χ1n) is 19.9. The minimum Gasteiger partial charge on any atom is -0.392 e. The lowest BCUT2D eigenvalue weighted by atomic mass is 9.86. The highest BCUT2D eigenvalue weighted by atomic mass is 16.3. The highest BCUT2D eigenvalue weighted by molar-refractivity contribution is 5.97. The summed E-state index contributed by atoms with van der Waals surface area (Å²) < 4.78 is 0. The summed E-state index contributed by atoms with van der Waals surface area (Å²) in [6, 6.07) is 6.76. The van der Waals surface area contributed by atoms with Crippen molar-refractivity contribution in [3.05, 3.63) is 35.9 Å². The number of carbonyl (C=O) groups is 6. The molecule has 3 heterocycles. The molecule has 0 spiro atoms. The first-order valence-corrected chi connectivity index (χ1v) is 19.9. The monoisotopic (exact) mass is 753 g/mol. The number of hydrogen-bond acceptors (Lipinski definition) is 7. The fourth-order valence-corrected chi connectivity index (χ4v) is 8.08. The average molecular weight is 754 g/mol. The van der Waals surface area contributed by atoms with E-state index in [0.29, 0.717) is 64.7 Å². The Morgan fingerprint density at radius 2 is 1.50 bits per heavy atom. The van der Waals surface area contributed by atoms with Crippen LogP contribution in [0.4, 0.5) is 4.79 Å². The van der Waals surface area contributed by atoms with Crippen molar-refractivity contribution in [2.45, 2.75) is 142 Å². The van der Waals surface area contributed by atoms with Crippen molar-refractivity contribution in [3.63, 3.8) is 0 Å². The molecular formula is C40H63N7O7. The number of carbonyl (C=O) groups excluding carboxylic acids is 6. The standard InChI is InChI=1S/C40H63N7O7/c1-7-40(6,38(53)43-33(26(4)5)37(52)47-21-13-18-31(47)36(51)46-20-12-17-30(46)34(41)49)44-35(50)29(22-25(2)3)32(48)23-28-16-11-19-45(28)39(54)42-24-27-14-9-8-10-15-27/h8-10,14-15,25-26,28-33,48H,7,11-13,16-24H2,1-6H3,(H2,41,49)(H,42,54)(H,43,53)(H,44,50)/t28-,29+,30-,31-,32+,33+,40-/m1/s1. The smallest absolute Gasteiger partial charge is 0.317 e. The van der Waals surface area contributed by atoms with E-state index in [0.717, 1.165) is 12.0 Å². The quantitative estimate of drug-likeness (QED) is 0.171. The zero-order valence-corrected chi connectivity index (χ0v) is 33.0. The summed E-state index contributed by atoms with van der Waals surface area (Å²) >= 11 is 0. The molecule has 300 valence electrons. The van der Waals surface area contributed by atoms with E-state index in [1.807, 2.05) is 58.0 Å². The Kier molecular flexibility index (Phi) is 14.9. The molecule has 14 nitrogen and oxygen atoms in total. The Morgan fingerprint density at radius 3 is 2.11 bits per heavy atom. The van der Waals surface area contributed by atoms with Crippen molar-refractivity contribution in [2.24, 2.45) is 23.5 Å². The maximum atomic E-state index is 14.1. The van der Waals surface area contributed by atoms with Crippen LogP contribution >= 0.6 is 0 Å². The van der Waals surface area contributed by atoms with E-state index in [-0.39, 0.29) is 42.7 Å². The van der Waals surface area contributed by atoms with Crippen molar-refractivity contribution >= 4 is 35.6 Å². The van der Waals surface area contributed by atoms with Gasteiger partial charge in [0.05, 0.1) is 12.0 Å². The molecule has 3 aliphatic heterocycles. The number of nitrogens with zero attached hydrogens (tertiary/aromatic N) is 3. The van der Waals surface area contributed by atoms with Crippen LogP contribution < -0.4 is 21.7 Å². The van der Waals surface area contributed by atoms with Gasteiger partial charge in [0.25, 0.3) is 0 Å². The molecule has 0 radical (unpaired) electrons. The van der Waals surface area contributed by atoms with Crippen LogP contribution in [0.5, 0.6) is 0 Å². The molecule has 7 atom stereocenters. The summed E-state index contributed by atoms with van der Waals surface area (Å²) in [5, 5.41) is 20.4. The van der Waals surface area contributed by atoms with Crippen LogP contribution in [-0.4, -0.2) is 111 Å². The van der Waals surface area contributed by atoms with Crippen molar-refractivity contribution < 1.29 is 33.9 Å². The molecule has 6 N–H and O–H groups in total. The maximum Gasteiger partial charge on any atom is 0.317 e. The minimum absolute atomic E-state index is 0.0591. The van der Waals surface area contributed by atoms with E-state index in [1.165, 1.54) is 9.80 Å². The Bertz CT molecular complexity index is 1490. The number of benzene rings is 1. The second kappa shape index (κ2) is 18.9. The number of nitrogens with one attached hydrogen (secondary N) is 3. The number of hydrogen-bond donors (Lipinski definition) is 5. The van der Waals surface area contributed by atoms with Gasteiger partial charge in [0.1, 0.15) is 23.7 Å². The van der Waals surface area contributed by atoms with Gasteiger partial charge in [-0.3, -0.25) is 24.0 Å². The second-order valence-corrected chi connectivity index (χ2v) is 16.3. The number of likely N-dealkylation sites (tertiary alicyclic amines) is 3. The Balaban J connectivity index is 1.42. The first kappa shape index (κ1) is 42.5. The third kappa shape index (κ3) is 10.3. The van der Waals surface area contributed by atoms with Gasteiger partial charge in [0.2, 0.25) is 29.5 Å². The Labute approximate surface area is 320 Å². The van der Waals surface area contributed by atoms with E-state index >= 15 is 0 Å². The topological polar surface area (TPSA) is 194 Å². The van der Waals surface area contributed by atoms with Crippen molar-refractivity contribution in [1.82, 2.24) is 30.7 Å².